The third-order valence-electron chi connectivity index (χ3n) is 1.15. The summed E-state index contributed by atoms with van der Waals surface area (Å²) >= 11 is 0. The first-order valence-corrected chi connectivity index (χ1v) is 3.86. The molecule has 0 bridgehead atoms. The minimum Gasteiger partial charge on any atom is -0.508 e. The molecule has 0 aromatic heterocycles. The number of benzene rings is 1. The van der Waals surface area contributed by atoms with E-state index in [1.807, 2.05) is 0 Å². The standard InChI is InChI=1S/C6H6O2.C3H6O4/c7-5-2-1-3-6(8)4-5;1-5-3(4)7-6-2/h1-4,7-8H;1-2H3. The molecule has 0 heterocycles. The molecule has 0 amide bonds. The molecule has 0 saturated heterocycles. The highest BCUT2D eigenvalue weighted by Gasteiger charge is 1.95. The van der Waals surface area contributed by atoms with Crippen LogP contribution in [-0.2, 0) is 14.5 Å². The number of phenols is 2. The van der Waals surface area contributed by atoms with Crippen LogP contribution in [-0.4, -0.2) is 30.6 Å². The highest BCUT2D eigenvalue weighted by atomic mass is 17.2. The number of carbonyl (C=O) groups excluding carboxylic acids is 1. The topological polar surface area (TPSA) is 85.2 Å². The van der Waals surface area contributed by atoms with E-state index >= 15 is 0 Å². The van der Waals surface area contributed by atoms with Gasteiger partial charge in [-0.25, -0.2) is 4.79 Å². The zero-order chi connectivity index (χ0) is 11.7. The van der Waals surface area contributed by atoms with Crippen molar-refractivity contribution in [2.75, 3.05) is 14.2 Å². The molecular formula is C9H12O6. The van der Waals surface area contributed by atoms with Gasteiger partial charge in [0.1, 0.15) is 11.5 Å². The maximum Gasteiger partial charge on any atom is 0.540 e. The van der Waals surface area contributed by atoms with Gasteiger partial charge < -0.3 is 14.9 Å². The molecule has 15 heavy (non-hydrogen) atoms. The summed E-state index contributed by atoms with van der Waals surface area (Å²) < 4.78 is 4.00. The molecule has 0 aliphatic heterocycles. The predicted octanol–water partition coefficient (Wildman–Crippen LogP) is 1.43. The number of ether oxygens (including phenoxy) is 1. The maximum absolute atomic E-state index is 9.84. The van der Waals surface area contributed by atoms with Crippen LogP contribution in [0.4, 0.5) is 4.79 Å². The largest absolute Gasteiger partial charge is 0.540 e. The number of hydrogen-bond donors (Lipinski definition) is 2. The van der Waals surface area contributed by atoms with E-state index in [9.17, 15) is 4.79 Å². The lowest BCUT2D eigenvalue weighted by atomic mass is 10.3. The van der Waals surface area contributed by atoms with Crippen LogP contribution in [0.5, 0.6) is 11.5 Å². The lowest BCUT2D eigenvalue weighted by Crippen LogP contribution is -2.01. The molecule has 0 radical (unpaired) electrons. The average Bonchev–Trinajstić information content (AvgIpc) is 2.18. The van der Waals surface area contributed by atoms with E-state index in [0.717, 1.165) is 0 Å². The number of methoxy groups -OCH3 is 1. The van der Waals surface area contributed by atoms with Crippen molar-refractivity contribution in [3.63, 3.8) is 0 Å². The van der Waals surface area contributed by atoms with Crippen LogP contribution in [0.25, 0.3) is 0 Å². The predicted molar refractivity (Wildman–Crippen MR) is 50.3 cm³/mol. The normalized spacial score (nSPS) is 8.40. The van der Waals surface area contributed by atoms with Crippen LogP contribution >= 0.6 is 0 Å². The van der Waals surface area contributed by atoms with Crippen molar-refractivity contribution < 1.29 is 29.5 Å². The summed E-state index contributed by atoms with van der Waals surface area (Å²) in [6.07, 6.45) is -0.845. The van der Waals surface area contributed by atoms with Gasteiger partial charge >= 0.3 is 6.16 Å². The quantitative estimate of drug-likeness (QED) is 0.419. The Labute approximate surface area is 86.6 Å². The first-order valence-electron chi connectivity index (χ1n) is 3.86. The fourth-order valence-corrected chi connectivity index (χ4v) is 0.595. The molecule has 6 nitrogen and oxygen atoms in total. The van der Waals surface area contributed by atoms with E-state index in [1.54, 1.807) is 6.07 Å². The molecule has 0 aliphatic carbocycles. The maximum atomic E-state index is 9.84. The van der Waals surface area contributed by atoms with E-state index in [2.05, 4.69) is 14.5 Å². The first kappa shape index (κ1) is 13.1. The second kappa shape index (κ2) is 7.45. The van der Waals surface area contributed by atoms with Crippen LogP contribution in [0, 0.1) is 0 Å². The SMILES string of the molecule is COOC(=O)OC.Oc1cccc(O)c1. The van der Waals surface area contributed by atoms with Crippen molar-refractivity contribution in [2.45, 2.75) is 0 Å². The summed E-state index contributed by atoms with van der Waals surface area (Å²) in [6.45, 7) is 0. The lowest BCUT2D eigenvalue weighted by molar-refractivity contribution is -0.229. The van der Waals surface area contributed by atoms with Gasteiger partial charge in [-0.3, -0.25) is 4.89 Å². The van der Waals surface area contributed by atoms with Gasteiger partial charge in [-0.2, -0.15) is 4.89 Å². The van der Waals surface area contributed by atoms with E-state index < -0.39 is 6.16 Å². The highest BCUT2D eigenvalue weighted by molar-refractivity contribution is 5.58. The molecule has 0 fully saturated rings. The fourth-order valence-electron chi connectivity index (χ4n) is 0.595. The van der Waals surface area contributed by atoms with E-state index in [1.165, 1.54) is 32.4 Å². The minimum absolute atomic E-state index is 0.0880. The molecule has 84 valence electrons. The van der Waals surface area contributed by atoms with Crippen LogP contribution in [0.15, 0.2) is 24.3 Å². The Morgan fingerprint density at radius 3 is 1.93 bits per heavy atom. The van der Waals surface area contributed by atoms with Crippen molar-refractivity contribution >= 4 is 6.16 Å². The number of rotatable bonds is 1. The van der Waals surface area contributed by atoms with Gasteiger partial charge in [0.2, 0.25) is 0 Å². The fraction of sp³-hybridized carbons (Fsp3) is 0.222. The summed E-state index contributed by atoms with van der Waals surface area (Å²) in [4.78, 5) is 17.6. The van der Waals surface area contributed by atoms with Crippen molar-refractivity contribution in [1.29, 1.82) is 0 Å². The molecule has 0 unspecified atom stereocenters. The summed E-state index contributed by atoms with van der Waals surface area (Å²) in [5, 5.41) is 17.3. The average molecular weight is 216 g/mol. The Morgan fingerprint density at radius 2 is 1.73 bits per heavy atom. The number of phenolic OH excluding ortho intramolecular Hbond substituents is 2. The second-order valence-corrected chi connectivity index (χ2v) is 2.22. The van der Waals surface area contributed by atoms with Crippen molar-refractivity contribution in [2.24, 2.45) is 0 Å². The third-order valence-corrected chi connectivity index (χ3v) is 1.15. The summed E-state index contributed by atoms with van der Waals surface area (Å²) in [6, 6.07) is 5.85. The zero-order valence-corrected chi connectivity index (χ0v) is 8.34. The van der Waals surface area contributed by atoms with Gasteiger partial charge in [0, 0.05) is 6.07 Å². The van der Waals surface area contributed by atoms with Crippen LogP contribution in [0.2, 0.25) is 0 Å². The smallest absolute Gasteiger partial charge is 0.508 e. The number of carbonyl (C=O) groups is 1. The monoisotopic (exact) mass is 216 g/mol. The second-order valence-electron chi connectivity index (χ2n) is 2.22. The molecule has 0 spiro atoms. The summed E-state index contributed by atoms with van der Waals surface area (Å²) in [7, 11) is 2.41. The third kappa shape index (κ3) is 7.15. The van der Waals surface area contributed by atoms with Crippen LogP contribution in [0.1, 0.15) is 0 Å². The van der Waals surface area contributed by atoms with E-state index in [4.69, 9.17) is 10.2 Å². The molecule has 0 saturated carbocycles. The molecular weight excluding hydrogens is 204 g/mol. The Balaban J connectivity index is 0.000000265. The Hall–Kier alpha value is -1.95. The van der Waals surface area contributed by atoms with Crippen LogP contribution in [0.3, 0.4) is 0 Å². The van der Waals surface area contributed by atoms with E-state index in [-0.39, 0.29) is 11.5 Å². The Morgan fingerprint density at radius 1 is 1.20 bits per heavy atom. The first-order chi connectivity index (χ1) is 7.10. The summed E-state index contributed by atoms with van der Waals surface area (Å²) in [5.74, 6) is 0.176. The minimum atomic E-state index is -0.845. The molecule has 1 rings (SSSR count). The Kier molecular flexibility index (Phi) is 6.48. The molecule has 0 aliphatic rings. The van der Waals surface area contributed by atoms with E-state index in [0.29, 0.717) is 0 Å². The van der Waals surface area contributed by atoms with Gasteiger partial charge in [-0.1, -0.05) is 6.07 Å². The van der Waals surface area contributed by atoms with Crippen molar-refractivity contribution in [3.8, 4) is 11.5 Å². The lowest BCUT2D eigenvalue weighted by Gasteiger charge is -1.92. The van der Waals surface area contributed by atoms with Gasteiger partial charge in [0.25, 0.3) is 0 Å². The molecule has 1 aromatic rings. The summed E-state index contributed by atoms with van der Waals surface area (Å²) in [5.41, 5.74) is 0. The molecule has 6 heteroatoms. The number of hydrogen-bond acceptors (Lipinski definition) is 6. The molecule has 0 atom stereocenters. The van der Waals surface area contributed by atoms with Crippen molar-refractivity contribution in [1.82, 2.24) is 0 Å². The van der Waals surface area contributed by atoms with Crippen LogP contribution < -0.4 is 0 Å². The molecule has 1 aromatic carbocycles. The van der Waals surface area contributed by atoms with Crippen molar-refractivity contribution in [3.05, 3.63) is 24.3 Å². The van der Waals surface area contributed by atoms with Gasteiger partial charge in [0.05, 0.1) is 14.2 Å². The van der Waals surface area contributed by atoms with Gasteiger partial charge in [0.15, 0.2) is 0 Å². The highest BCUT2D eigenvalue weighted by Crippen LogP contribution is 2.14. The number of aromatic hydroxyl groups is 2. The zero-order valence-electron chi connectivity index (χ0n) is 8.34. The molecule has 2 N–H and O–H groups in total. The Bertz CT molecular complexity index is 281. The van der Waals surface area contributed by atoms with Gasteiger partial charge in [-0.15, -0.1) is 0 Å². The van der Waals surface area contributed by atoms with Gasteiger partial charge in [-0.05, 0) is 12.1 Å².